The third-order valence-electron chi connectivity index (χ3n) is 2.12. The number of carbonyl (C=O) groups excluding carboxylic acids is 1. The lowest BCUT2D eigenvalue weighted by Crippen LogP contribution is -2.25. The first kappa shape index (κ1) is 15.2. The van der Waals surface area contributed by atoms with Gasteiger partial charge in [0.2, 0.25) is 5.91 Å². The number of nitrogens with zero attached hydrogens (tertiary/aromatic N) is 1. The van der Waals surface area contributed by atoms with Gasteiger partial charge in [-0.05, 0) is 13.3 Å². The summed E-state index contributed by atoms with van der Waals surface area (Å²) in [5, 5.41) is 0. The van der Waals surface area contributed by atoms with Crippen molar-refractivity contribution in [3.63, 3.8) is 0 Å². The molecule has 0 aromatic carbocycles. The van der Waals surface area contributed by atoms with E-state index in [9.17, 15) is 18.0 Å². The van der Waals surface area contributed by atoms with Crippen molar-refractivity contribution in [3.05, 3.63) is 0 Å². The number of rotatable bonds is 0. The lowest BCUT2D eigenvalue weighted by Gasteiger charge is -2.13. The average molecular weight is 263 g/mol. The summed E-state index contributed by atoms with van der Waals surface area (Å²) in [6.45, 7) is 2.07. The zero-order valence-electron chi connectivity index (χ0n) is 8.65. The van der Waals surface area contributed by atoms with Crippen LogP contribution in [0, 0.1) is 0 Å². The molecule has 1 amide bonds. The summed E-state index contributed by atoms with van der Waals surface area (Å²) >= 11 is 0. The molecule has 0 aromatic rings. The van der Waals surface area contributed by atoms with Crippen LogP contribution in [0.1, 0.15) is 19.8 Å². The first-order chi connectivity index (χ1) is 6.97. The second-order valence-corrected chi connectivity index (χ2v) is 4.73. The van der Waals surface area contributed by atoms with E-state index < -0.39 is 15.6 Å². The largest absolute Gasteiger partial charge is 0.522 e. The normalized spacial score (nSPS) is 21.8. The molecule has 0 saturated carbocycles. The van der Waals surface area contributed by atoms with Crippen molar-refractivity contribution in [2.45, 2.75) is 31.3 Å². The van der Waals surface area contributed by atoms with Crippen LogP contribution < -0.4 is 0 Å². The van der Waals surface area contributed by atoms with Crippen LogP contribution >= 0.6 is 0 Å². The Hall–Kier alpha value is -0.830. The molecule has 0 bridgehead atoms. The van der Waals surface area contributed by atoms with E-state index in [4.69, 9.17) is 13.0 Å². The highest BCUT2D eigenvalue weighted by atomic mass is 32.2. The molecule has 0 radical (unpaired) electrons. The van der Waals surface area contributed by atoms with Gasteiger partial charge in [0.1, 0.15) is 0 Å². The molecule has 1 fully saturated rings. The van der Waals surface area contributed by atoms with Crippen molar-refractivity contribution in [2.75, 3.05) is 7.05 Å². The molecule has 1 aliphatic heterocycles. The van der Waals surface area contributed by atoms with Gasteiger partial charge in [-0.3, -0.25) is 9.35 Å². The zero-order valence-corrected chi connectivity index (χ0v) is 9.47. The minimum Gasteiger partial charge on any atom is -0.343 e. The van der Waals surface area contributed by atoms with Crippen molar-refractivity contribution in [3.8, 4) is 0 Å². The van der Waals surface area contributed by atoms with Crippen LogP contribution in [0.25, 0.3) is 0 Å². The van der Waals surface area contributed by atoms with Gasteiger partial charge in [-0.15, -0.1) is 0 Å². The molecule has 1 aliphatic rings. The predicted molar refractivity (Wildman–Crippen MR) is 49.1 cm³/mol. The second-order valence-electron chi connectivity index (χ2n) is 3.31. The number of likely N-dealkylation sites (tertiary alicyclic amines) is 1. The summed E-state index contributed by atoms with van der Waals surface area (Å²) in [5.74, 6) is 0.289. The molecule has 9 heteroatoms. The van der Waals surface area contributed by atoms with E-state index in [1.807, 2.05) is 7.05 Å². The van der Waals surface area contributed by atoms with E-state index in [2.05, 4.69) is 6.92 Å². The van der Waals surface area contributed by atoms with Gasteiger partial charge in [0.15, 0.2) is 0 Å². The molecule has 96 valence electrons. The molecule has 16 heavy (non-hydrogen) atoms. The quantitative estimate of drug-likeness (QED) is 0.523. The Morgan fingerprint density at radius 1 is 1.44 bits per heavy atom. The Morgan fingerprint density at radius 3 is 1.88 bits per heavy atom. The van der Waals surface area contributed by atoms with E-state index in [1.54, 1.807) is 4.90 Å². The fourth-order valence-corrected chi connectivity index (χ4v) is 0.948. The molecule has 0 aromatic heterocycles. The van der Waals surface area contributed by atoms with Crippen molar-refractivity contribution in [1.29, 1.82) is 0 Å². The van der Waals surface area contributed by atoms with Crippen LogP contribution in [-0.4, -0.2) is 42.4 Å². The van der Waals surface area contributed by atoms with Crippen molar-refractivity contribution in [2.24, 2.45) is 0 Å². The molecule has 1 atom stereocenters. The Bertz CT molecular complexity index is 351. The fraction of sp³-hybridized carbons (Fsp3) is 0.857. The van der Waals surface area contributed by atoms with E-state index in [0.717, 1.165) is 12.8 Å². The summed E-state index contributed by atoms with van der Waals surface area (Å²) < 4.78 is 57.5. The molecule has 0 aliphatic carbocycles. The molecule has 1 N–H and O–H groups in total. The summed E-state index contributed by atoms with van der Waals surface area (Å²) in [5.41, 5.74) is -5.53. The average Bonchev–Trinajstić information content (AvgIpc) is 2.34. The minimum atomic E-state index is -5.84. The smallest absolute Gasteiger partial charge is 0.343 e. The van der Waals surface area contributed by atoms with E-state index >= 15 is 0 Å². The Labute approximate surface area is 91.0 Å². The Balaban J connectivity index is 0.000000281. The van der Waals surface area contributed by atoms with Crippen LogP contribution in [0.2, 0.25) is 0 Å². The van der Waals surface area contributed by atoms with Gasteiger partial charge in [-0.2, -0.15) is 21.6 Å². The second kappa shape index (κ2) is 5.00. The molecule has 5 nitrogen and oxygen atoms in total. The zero-order chi connectivity index (χ0) is 13.1. The standard InChI is InChI=1S/C6H11NO.CHF3O3S/c1-5-3-4-6(8)7(5)2;2-1(3,4)8(5,6)7/h5H,3-4H2,1-2H3;(H,5,6,7). The maximum absolute atomic E-state index is 10.7. The van der Waals surface area contributed by atoms with Crippen LogP contribution in [0.15, 0.2) is 0 Å². The SMILES string of the molecule is CC1CCC(=O)N1C.O=S(=O)(O)C(F)(F)F. The highest BCUT2D eigenvalue weighted by Crippen LogP contribution is 2.20. The first-order valence-electron chi connectivity index (χ1n) is 4.26. The van der Waals surface area contributed by atoms with Gasteiger partial charge in [-0.1, -0.05) is 0 Å². The summed E-state index contributed by atoms with van der Waals surface area (Å²) in [4.78, 5) is 12.5. The van der Waals surface area contributed by atoms with E-state index in [1.165, 1.54) is 0 Å². The number of hydrogen-bond acceptors (Lipinski definition) is 3. The summed E-state index contributed by atoms with van der Waals surface area (Å²) in [7, 11) is -3.98. The topological polar surface area (TPSA) is 74.7 Å². The summed E-state index contributed by atoms with van der Waals surface area (Å²) in [6.07, 6.45) is 1.78. The highest BCUT2D eigenvalue weighted by Gasteiger charge is 2.44. The fourth-order valence-electron chi connectivity index (χ4n) is 0.948. The Morgan fingerprint density at radius 2 is 1.81 bits per heavy atom. The van der Waals surface area contributed by atoms with Gasteiger partial charge in [0, 0.05) is 19.5 Å². The van der Waals surface area contributed by atoms with Crippen LogP contribution in [0.3, 0.4) is 0 Å². The van der Waals surface area contributed by atoms with Gasteiger partial charge in [0.25, 0.3) is 0 Å². The number of amides is 1. The van der Waals surface area contributed by atoms with Crippen LogP contribution in [0.4, 0.5) is 13.2 Å². The van der Waals surface area contributed by atoms with Crippen LogP contribution in [-0.2, 0) is 14.9 Å². The summed E-state index contributed by atoms with van der Waals surface area (Å²) in [6, 6.07) is 0.475. The maximum atomic E-state index is 10.7. The molecular weight excluding hydrogens is 251 g/mol. The number of carbonyl (C=O) groups is 1. The number of alkyl halides is 3. The third-order valence-corrected chi connectivity index (χ3v) is 2.71. The van der Waals surface area contributed by atoms with Crippen molar-refractivity contribution >= 4 is 16.0 Å². The third kappa shape index (κ3) is 4.35. The molecule has 0 spiro atoms. The molecule has 1 saturated heterocycles. The van der Waals surface area contributed by atoms with Gasteiger partial charge >= 0.3 is 15.6 Å². The predicted octanol–water partition coefficient (Wildman–Crippen LogP) is 1.02. The van der Waals surface area contributed by atoms with Gasteiger partial charge in [0.05, 0.1) is 0 Å². The molecular formula is C7H12F3NO4S. The first-order valence-corrected chi connectivity index (χ1v) is 5.70. The van der Waals surface area contributed by atoms with Crippen LogP contribution in [0.5, 0.6) is 0 Å². The maximum Gasteiger partial charge on any atom is 0.522 e. The van der Waals surface area contributed by atoms with E-state index in [0.29, 0.717) is 6.04 Å². The number of halogens is 3. The van der Waals surface area contributed by atoms with Crippen molar-refractivity contribution in [1.82, 2.24) is 4.90 Å². The lowest BCUT2D eigenvalue weighted by atomic mass is 10.2. The molecule has 1 heterocycles. The Kier molecular flexibility index (Phi) is 4.74. The molecule has 1 unspecified atom stereocenters. The van der Waals surface area contributed by atoms with Gasteiger partial charge in [-0.25, -0.2) is 0 Å². The highest BCUT2D eigenvalue weighted by molar-refractivity contribution is 7.86. The minimum absolute atomic E-state index is 0.289. The van der Waals surface area contributed by atoms with Crippen molar-refractivity contribution < 1.29 is 30.9 Å². The van der Waals surface area contributed by atoms with E-state index in [-0.39, 0.29) is 5.91 Å². The lowest BCUT2D eigenvalue weighted by molar-refractivity contribution is -0.127. The van der Waals surface area contributed by atoms with Gasteiger partial charge < -0.3 is 4.90 Å². The molecule has 1 rings (SSSR count). The monoisotopic (exact) mass is 263 g/mol. The number of hydrogen-bond donors (Lipinski definition) is 1.